The summed E-state index contributed by atoms with van der Waals surface area (Å²) in [6, 6.07) is 8.81. The molecule has 4 nitrogen and oxygen atoms in total. The predicted octanol–water partition coefficient (Wildman–Crippen LogP) is 5.58. The second-order valence-electron chi connectivity index (χ2n) is 7.43. The molecule has 2 aromatic rings. The summed E-state index contributed by atoms with van der Waals surface area (Å²) in [5.74, 6) is 0.225. The molecular weight excluding hydrogens is 388 g/mol. The van der Waals surface area contributed by atoms with Crippen molar-refractivity contribution in [2.75, 3.05) is 12.4 Å². The van der Waals surface area contributed by atoms with Gasteiger partial charge < -0.3 is 15.4 Å². The highest BCUT2D eigenvalue weighted by molar-refractivity contribution is 7.80. The Morgan fingerprint density at radius 2 is 1.89 bits per heavy atom. The molecule has 28 heavy (non-hydrogen) atoms. The standard InChI is InChI=1S/C22H28N2O2S2/c1-5-17(15-11-9-14(10-12-15)13(2)3)23-22(27)24-20-19(21(25)26-4)16-7-6-8-18(16)28-20/h9-13,17H,5-8H2,1-4H3,(H2,23,24,27). The lowest BCUT2D eigenvalue weighted by atomic mass is 9.98. The number of benzene rings is 1. The van der Waals surface area contributed by atoms with Gasteiger partial charge in [0.05, 0.1) is 18.7 Å². The van der Waals surface area contributed by atoms with Crippen LogP contribution in [-0.2, 0) is 17.6 Å². The molecule has 1 heterocycles. The molecule has 0 aliphatic heterocycles. The molecule has 3 rings (SSSR count). The fourth-order valence-corrected chi connectivity index (χ4v) is 5.23. The van der Waals surface area contributed by atoms with Gasteiger partial charge in [0.25, 0.3) is 0 Å². The highest BCUT2D eigenvalue weighted by Gasteiger charge is 2.27. The zero-order valence-electron chi connectivity index (χ0n) is 16.9. The number of anilines is 1. The van der Waals surface area contributed by atoms with Crippen LogP contribution in [0, 0.1) is 0 Å². The Hall–Kier alpha value is -1.92. The fourth-order valence-electron chi connectivity index (χ4n) is 3.64. The van der Waals surface area contributed by atoms with Crippen LogP contribution < -0.4 is 10.6 Å². The third-order valence-corrected chi connectivity index (χ3v) is 6.68. The molecule has 1 aromatic carbocycles. The van der Waals surface area contributed by atoms with Gasteiger partial charge in [0.1, 0.15) is 5.00 Å². The number of nitrogens with one attached hydrogen (secondary N) is 2. The van der Waals surface area contributed by atoms with E-state index in [0.29, 0.717) is 16.6 Å². The molecule has 2 N–H and O–H groups in total. The topological polar surface area (TPSA) is 50.4 Å². The highest BCUT2D eigenvalue weighted by atomic mass is 32.1. The lowest BCUT2D eigenvalue weighted by Gasteiger charge is -2.20. The van der Waals surface area contributed by atoms with Gasteiger partial charge in [-0.3, -0.25) is 0 Å². The quantitative estimate of drug-likeness (QED) is 0.475. The Morgan fingerprint density at radius 3 is 2.50 bits per heavy atom. The predicted molar refractivity (Wildman–Crippen MR) is 121 cm³/mol. The van der Waals surface area contributed by atoms with Crippen molar-refractivity contribution in [3.63, 3.8) is 0 Å². The van der Waals surface area contributed by atoms with Crippen LogP contribution >= 0.6 is 23.6 Å². The minimum atomic E-state index is -0.291. The molecule has 0 saturated carbocycles. The lowest BCUT2D eigenvalue weighted by Crippen LogP contribution is -2.32. The molecule has 0 saturated heterocycles. The number of thiophene rings is 1. The van der Waals surface area contributed by atoms with Crippen molar-refractivity contribution in [1.82, 2.24) is 5.32 Å². The van der Waals surface area contributed by atoms with E-state index in [9.17, 15) is 4.79 Å². The summed E-state index contributed by atoms with van der Waals surface area (Å²) >= 11 is 7.18. The van der Waals surface area contributed by atoms with Gasteiger partial charge in [-0.15, -0.1) is 11.3 Å². The van der Waals surface area contributed by atoms with Crippen molar-refractivity contribution in [3.05, 3.63) is 51.4 Å². The number of hydrogen-bond donors (Lipinski definition) is 2. The third kappa shape index (κ3) is 4.39. The van der Waals surface area contributed by atoms with Crippen LogP contribution in [0.15, 0.2) is 24.3 Å². The summed E-state index contributed by atoms with van der Waals surface area (Å²) in [5, 5.41) is 7.98. The van der Waals surface area contributed by atoms with E-state index in [1.807, 2.05) is 0 Å². The van der Waals surface area contributed by atoms with Gasteiger partial charge in [-0.25, -0.2) is 4.79 Å². The normalized spacial score (nSPS) is 13.9. The molecule has 0 amide bonds. The van der Waals surface area contributed by atoms with E-state index in [1.165, 1.54) is 23.1 Å². The van der Waals surface area contributed by atoms with Crippen LogP contribution in [0.5, 0.6) is 0 Å². The molecule has 6 heteroatoms. The van der Waals surface area contributed by atoms with Crippen LogP contribution in [-0.4, -0.2) is 18.2 Å². The van der Waals surface area contributed by atoms with E-state index in [1.54, 1.807) is 11.3 Å². The van der Waals surface area contributed by atoms with E-state index < -0.39 is 0 Å². The number of aryl methyl sites for hydroxylation is 1. The van der Waals surface area contributed by atoms with Crippen LogP contribution in [0.2, 0.25) is 0 Å². The molecule has 0 spiro atoms. The number of thiocarbonyl (C=S) groups is 1. The maximum absolute atomic E-state index is 12.3. The van der Waals surface area contributed by atoms with Gasteiger partial charge >= 0.3 is 5.97 Å². The van der Waals surface area contributed by atoms with Gasteiger partial charge in [-0.1, -0.05) is 45.0 Å². The molecule has 1 atom stereocenters. The Morgan fingerprint density at radius 1 is 1.21 bits per heavy atom. The summed E-state index contributed by atoms with van der Waals surface area (Å²) in [6.45, 7) is 6.53. The van der Waals surface area contributed by atoms with E-state index >= 15 is 0 Å². The Bertz CT molecular complexity index is 856. The molecule has 0 radical (unpaired) electrons. The van der Waals surface area contributed by atoms with E-state index in [2.05, 4.69) is 55.7 Å². The third-order valence-electron chi connectivity index (χ3n) is 5.26. The average Bonchev–Trinajstić information content (AvgIpc) is 3.26. The largest absolute Gasteiger partial charge is 0.465 e. The summed E-state index contributed by atoms with van der Waals surface area (Å²) in [4.78, 5) is 13.6. The van der Waals surface area contributed by atoms with Gasteiger partial charge in [-0.2, -0.15) is 0 Å². The number of hydrogen-bond acceptors (Lipinski definition) is 4. The molecule has 1 aromatic heterocycles. The van der Waals surface area contributed by atoms with Crippen LogP contribution in [0.4, 0.5) is 5.00 Å². The number of carbonyl (C=O) groups excluding carboxylic acids is 1. The minimum Gasteiger partial charge on any atom is -0.465 e. The van der Waals surface area contributed by atoms with Gasteiger partial charge in [0, 0.05) is 4.88 Å². The maximum atomic E-state index is 12.3. The summed E-state index contributed by atoms with van der Waals surface area (Å²) in [6.07, 6.45) is 3.95. The molecule has 150 valence electrons. The summed E-state index contributed by atoms with van der Waals surface area (Å²) in [5.41, 5.74) is 4.31. The molecule has 0 bridgehead atoms. The fraction of sp³-hybridized carbons (Fsp3) is 0.455. The molecular formula is C22H28N2O2S2. The minimum absolute atomic E-state index is 0.120. The van der Waals surface area contributed by atoms with Crippen molar-refractivity contribution in [2.45, 2.75) is 58.4 Å². The number of fused-ring (bicyclic) bond motifs is 1. The highest BCUT2D eigenvalue weighted by Crippen LogP contribution is 2.39. The molecule has 0 fully saturated rings. The van der Waals surface area contributed by atoms with E-state index in [0.717, 1.165) is 36.2 Å². The molecule has 1 aliphatic carbocycles. The first kappa shape index (κ1) is 20.8. The van der Waals surface area contributed by atoms with Crippen molar-refractivity contribution < 1.29 is 9.53 Å². The number of ether oxygens (including phenoxy) is 1. The van der Waals surface area contributed by atoms with Crippen molar-refractivity contribution in [3.8, 4) is 0 Å². The van der Waals surface area contributed by atoms with E-state index in [4.69, 9.17) is 17.0 Å². The van der Waals surface area contributed by atoms with Gasteiger partial charge in [0.2, 0.25) is 0 Å². The Balaban J connectivity index is 1.73. The van der Waals surface area contributed by atoms with Crippen molar-refractivity contribution in [2.24, 2.45) is 0 Å². The molecule has 1 aliphatic rings. The van der Waals surface area contributed by atoms with E-state index in [-0.39, 0.29) is 12.0 Å². The SMILES string of the molecule is CCC(NC(=S)Nc1sc2c(c1C(=O)OC)CCC2)c1ccc(C(C)C)cc1. The zero-order chi connectivity index (χ0) is 20.3. The first-order valence-corrected chi connectivity index (χ1v) is 11.1. The van der Waals surface area contributed by atoms with Crippen molar-refractivity contribution >= 4 is 39.6 Å². The Kier molecular flexibility index (Phi) is 6.73. The number of rotatable bonds is 6. The van der Waals surface area contributed by atoms with Crippen molar-refractivity contribution in [1.29, 1.82) is 0 Å². The van der Waals surface area contributed by atoms with Crippen LogP contribution in [0.25, 0.3) is 0 Å². The first-order chi connectivity index (χ1) is 13.4. The Labute approximate surface area is 176 Å². The number of carbonyl (C=O) groups is 1. The lowest BCUT2D eigenvalue weighted by molar-refractivity contribution is 0.0601. The molecule has 1 unspecified atom stereocenters. The van der Waals surface area contributed by atoms with Gasteiger partial charge in [0.15, 0.2) is 5.11 Å². The van der Waals surface area contributed by atoms with Crippen LogP contribution in [0.3, 0.4) is 0 Å². The smallest absolute Gasteiger partial charge is 0.341 e. The zero-order valence-corrected chi connectivity index (χ0v) is 18.6. The average molecular weight is 417 g/mol. The van der Waals surface area contributed by atoms with Crippen LogP contribution in [0.1, 0.15) is 77.5 Å². The number of esters is 1. The first-order valence-electron chi connectivity index (χ1n) is 9.84. The summed E-state index contributed by atoms with van der Waals surface area (Å²) < 4.78 is 5.01. The second-order valence-corrected chi connectivity index (χ2v) is 8.95. The maximum Gasteiger partial charge on any atom is 0.341 e. The van der Waals surface area contributed by atoms with Gasteiger partial charge in [-0.05, 0) is 60.5 Å². The monoisotopic (exact) mass is 416 g/mol. The summed E-state index contributed by atoms with van der Waals surface area (Å²) in [7, 11) is 1.43. The number of methoxy groups -OCH3 is 1. The second kappa shape index (κ2) is 9.05.